The number of nitro benzene ring substituents is 1. The number of azo groups is 1. The number of carbonyl (C=O) groups is 1. The zero-order chi connectivity index (χ0) is 19.6. The van der Waals surface area contributed by atoms with E-state index in [2.05, 4.69) is 15.5 Å². The average Bonchev–Trinajstić information content (AvgIpc) is 2.60. The number of nitrogens with one attached hydrogen (secondary N) is 1. The summed E-state index contributed by atoms with van der Waals surface area (Å²) in [5, 5.41) is 22.2. The minimum atomic E-state index is -0.737. The van der Waals surface area contributed by atoms with Crippen molar-refractivity contribution in [1.29, 1.82) is 0 Å². The van der Waals surface area contributed by atoms with Gasteiger partial charge in [0.15, 0.2) is 5.70 Å². The van der Waals surface area contributed by atoms with Gasteiger partial charge in [-0.2, -0.15) is 5.11 Å². The normalized spacial score (nSPS) is 17.1. The highest BCUT2D eigenvalue weighted by atomic mass is 16.6. The Balaban J connectivity index is 2.09. The third-order valence-electron chi connectivity index (χ3n) is 4.16. The zero-order valence-electron chi connectivity index (χ0n) is 15.0. The molecular formula is C19H19N5O3. The molecule has 138 valence electrons. The molecule has 0 saturated heterocycles. The second-order valence-electron chi connectivity index (χ2n) is 6.91. The van der Waals surface area contributed by atoms with Gasteiger partial charge in [-0.25, -0.2) is 0 Å². The first-order valence-electron chi connectivity index (χ1n) is 8.33. The molecular weight excluding hydrogens is 346 g/mol. The van der Waals surface area contributed by atoms with Crippen molar-refractivity contribution in [2.45, 2.75) is 25.8 Å². The van der Waals surface area contributed by atoms with Crippen LogP contribution in [0.2, 0.25) is 0 Å². The number of non-ortho nitro benzene ring substituents is 1. The van der Waals surface area contributed by atoms with Gasteiger partial charge >= 0.3 is 0 Å². The quantitative estimate of drug-likeness (QED) is 0.373. The van der Waals surface area contributed by atoms with Crippen molar-refractivity contribution in [3.63, 3.8) is 0 Å². The van der Waals surface area contributed by atoms with Gasteiger partial charge in [-0.15, -0.1) is 5.11 Å². The van der Waals surface area contributed by atoms with Crippen LogP contribution in [0.15, 0.2) is 64.5 Å². The van der Waals surface area contributed by atoms with Crippen LogP contribution in [0.1, 0.15) is 25.0 Å². The van der Waals surface area contributed by atoms with Crippen LogP contribution in [0.25, 0.3) is 5.70 Å². The summed E-state index contributed by atoms with van der Waals surface area (Å²) in [6.45, 7) is 4.03. The summed E-state index contributed by atoms with van der Waals surface area (Å²) in [6.07, 6.45) is 0.779. The van der Waals surface area contributed by atoms with Gasteiger partial charge in [0.1, 0.15) is 0 Å². The number of amides is 1. The molecule has 0 bridgehead atoms. The van der Waals surface area contributed by atoms with E-state index in [0.29, 0.717) is 5.70 Å². The van der Waals surface area contributed by atoms with Crippen LogP contribution < -0.4 is 11.1 Å². The number of rotatable bonds is 4. The van der Waals surface area contributed by atoms with E-state index in [1.165, 1.54) is 18.2 Å². The first-order valence-corrected chi connectivity index (χ1v) is 8.33. The summed E-state index contributed by atoms with van der Waals surface area (Å²) in [6, 6.07) is 13.4. The van der Waals surface area contributed by atoms with Gasteiger partial charge in [-0.3, -0.25) is 14.9 Å². The highest BCUT2D eigenvalue weighted by molar-refractivity contribution is 6.00. The Morgan fingerprint density at radius 2 is 1.96 bits per heavy atom. The van der Waals surface area contributed by atoms with Crippen LogP contribution in [0.5, 0.6) is 0 Å². The zero-order valence-corrected chi connectivity index (χ0v) is 15.0. The van der Waals surface area contributed by atoms with Crippen LogP contribution in [0, 0.1) is 10.1 Å². The standard InChI is InChI=1S/C19H19N5O3/c1-19(2)11-12-6-3-4-9-15(12)16(21-19)17(18(20)25)23-22-13-7-5-8-14(10-13)24(26)27/h3-10,21H,11H2,1-2H3,(H2,20,25). The van der Waals surface area contributed by atoms with Gasteiger partial charge < -0.3 is 11.1 Å². The summed E-state index contributed by atoms with van der Waals surface area (Å²) in [4.78, 5) is 22.5. The molecule has 3 rings (SSSR count). The van der Waals surface area contributed by atoms with Crippen molar-refractivity contribution in [1.82, 2.24) is 5.32 Å². The molecule has 0 atom stereocenters. The number of nitrogens with two attached hydrogens (primary N) is 1. The van der Waals surface area contributed by atoms with E-state index in [1.807, 2.05) is 38.1 Å². The van der Waals surface area contributed by atoms with Crippen LogP contribution in [0.3, 0.4) is 0 Å². The summed E-state index contributed by atoms with van der Waals surface area (Å²) < 4.78 is 0. The topological polar surface area (TPSA) is 123 Å². The number of benzene rings is 2. The lowest BCUT2D eigenvalue weighted by molar-refractivity contribution is -0.384. The predicted molar refractivity (Wildman–Crippen MR) is 101 cm³/mol. The molecule has 1 aliphatic heterocycles. The van der Waals surface area contributed by atoms with Gasteiger partial charge in [0.2, 0.25) is 0 Å². The number of primary amides is 1. The highest BCUT2D eigenvalue weighted by Gasteiger charge is 2.30. The summed E-state index contributed by atoms with van der Waals surface area (Å²) in [5.41, 5.74) is 7.79. The van der Waals surface area contributed by atoms with Crippen molar-refractivity contribution in [3.8, 4) is 0 Å². The van der Waals surface area contributed by atoms with Crippen LogP contribution in [-0.4, -0.2) is 16.4 Å². The van der Waals surface area contributed by atoms with Gasteiger partial charge in [0.05, 0.1) is 16.3 Å². The SMILES string of the molecule is CC1(C)Cc2ccccc2C(=C(N=Nc2cccc([N+](=O)[O-])c2)C(N)=O)N1. The largest absolute Gasteiger partial charge is 0.377 e. The second kappa shape index (κ2) is 6.99. The van der Waals surface area contributed by atoms with E-state index in [4.69, 9.17) is 5.73 Å². The molecule has 1 heterocycles. The van der Waals surface area contributed by atoms with Gasteiger partial charge in [0.25, 0.3) is 11.6 Å². The van der Waals surface area contributed by atoms with Crippen molar-refractivity contribution in [2.75, 3.05) is 0 Å². The number of hydrogen-bond donors (Lipinski definition) is 2. The lowest BCUT2D eigenvalue weighted by Gasteiger charge is -2.35. The lowest BCUT2D eigenvalue weighted by atomic mass is 9.85. The van der Waals surface area contributed by atoms with Crippen LogP contribution in [-0.2, 0) is 11.2 Å². The maximum Gasteiger partial charge on any atom is 0.271 e. The number of nitro groups is 1. The van der Waals surface area contributed by atoms with Crippen molar-refractivity contribution in [3.05, 3.63) is 75.5 Å². The summed E-state index contributed by atoms with van der Waals surface area (Å²) in [5.74, 6) is -0.737. The molecule has 8 heteroatoms. The maximum absolute atomic E-state index is 12.1. The molecule has 0 radical (unpaired) electrons. The molecule has 0 spiro atoms. The average molecular weight is 365 g/mol. The fourth-order valence-electron chi connectivity index (χ4n) is 3.03. The van der Waals surface area contributed by atoms with Gasteiger partial charge in [-0.1, -0.05) is 30.3 Å². The molecule has 0 saturated carbocycles. The van der Waals surface area contributed by atoms with Gasteiger partial charge in [0, 0.05) is 23.2 Å². The number of carbonyl (C=O) groups excluding carboxylic acids is 1. The number of hydrogen-bond acceptors (Lipinski definition) is 6. The minimum absolute atomic E-state index is 0.0262. The highest BCUT2D eigenvalue weighted by Crippen LogP contribution is 2.32. The Bertz CT molecular complexity index is 979. The predicted octanol–water partition coefficient (Wildman–Crippen LogP) is 3.46. The van der Waals surface area contributed by atoms with E-state index in [-0.39, 0.29) is 22.6 Å². The Morgan fingerprint density at radius 3 is 2.67 bits per heavy atom. The Kier molecular flexibility index (Phi) is 4.72. The fourth-order valence-corrected chi connectivity index (χ4v) is 3.03. The molecule has 2 aromatic rings. The van der Waals surface area contributed by atoms with Crippen molar-refractivity contribution < 1.29 is 9.72 Å². The molecule has 8 nitrogen and oxygen atoms in total. The van der Waals surface area contributed by atoms with E-state index in [9.17, 15) is 14.9 Å². The number of fused-ring (bicyclic) bond motifs is 1. The molecule has 3 N–H and O–H groups in total. The minimum Gasteiger partial charge on any atom is -0.377 e. The van der Waals surface area contributed by atoms with E-state index >= 15 is 0 Å². The fraction of sp³-hybridized carbons (Fsp3) is 0.211. The third-order valence-corrected chi connectivity index (χ3v) is 4.16. The Labute approximate surface area is 155 Å². The van der Waals surface area contributed by atoms with E-state index < -0.39 is 10.8 Å². The molecule has 0 aromatic heterocycles. The monoisotopic (exact) mass is 365 g/mol. The molecule has 1 amide bonds. The molecule has 0 unspecified atom stereocenters. The molecule has 2 aromatic carbocycles. The molecule has 0 fully saturated rings. The Hall–Kier alpha value is -3.55. The first kappa shape index (κ1) is 18.2. The second-order valence-corrected chi connectivity index (χ2v) is 6.91. The van der Waals surface area contributed by atoms with Gasteiger partial charge in [-0.05, 0) is 31.9 Å². The van der Waals surface area contributed by atoms with E-state index in [1.54, 1.807) is 6.07 Å². The number of nitrogens with zero attached hydrogens (tertiary/aromatic N) is 3. The third kappa shape index (κ3) is 4.00. The maximum atomic E-state index is 12.1. The van der Waals surface area contributed by atoms with Crippen molar-refractivity contribution >= 4 is 23.0 Å². The Morgan fingerprint density at radius 1 is 1.22 bits per heavy atom. The van der Waals surface area contributed by atoms with Crippen molar-refractivity contribution in [2.24, 2.45) is 16.0 Å². The van der Waals surface area contributed by atoms with Crippen LogP contribution >= 0.6 is 0 Å². The summed E-state index contributed by atoms with van der Waals surface area (Å²) in [7, 11) is 0. The van der Waals surface area contributed by atoms with E-state index in [0.717, 1.165) is 17.5 Å². The smallest absolute Gasteiger partial charge is 0.271 e. The molecule has 1 aliphatic rings. The lowest BCUT2D eigenvalue weighted by Crippen LogP contribution is -2.44. The summed E-state index contributed by atoms with van der Waals surface area (Å²) >= 11 is 0. The molecule has 27 heavy (non-hydrogen) atoms. The molecule has 0 aliphatic carbocycles. The van der Waals surface area contributed by atoms with Crippen LogP contribution in [0.4, 0.5) is 11.4 Å². The first-order chi connectivity index (χ1) is 12.8.